The molecule has 1 amide bonds. The average molecular weight is 407 g/mol. The summed E-state index contributed by atoms with van der Waals surface area (Å²) in [7, 11) is 0. The molecule has 0 saturated heterocycles. The van der Waals surface area contributed by atoms with Crippen LogP contribution in [0.15, 0.2) is 14.3 Å². The van der Waals surface area contributed by atoms with Crippen molar-refractivity contribution in [3.63, 3.8) is 0 Å². The first-order valence-corrected chi connectivity index (χ1v) is 9.20. The molecule has 0 aliphatic heterocycles. The molecule has 1 N–H and O–H groups in total. The lowest BCUT2D eigenvalue weighted by atomic mass is 9.84. The van der Waals surface area contributed by atoms with Gasteiger partial charge in [0.2, 0.25) is 0 Å². The second-order valence-electron chi connectivity index (χ2n) is 5.83. The van der Waals surface area contributed by atoms with Gasteiger partial charge in [-0.25, -0.2) is 0 Å². The largest absolute Gasteiger partial charge is 0.349 e. The summed E-state index contributed by atoms with van der Waals surface area (Å²) in [6.45, 7) is 2.17. The monoisotopic (exact) mass is 405 g/mol. The average Bonchev–Trinajstić information content (AvgIpc) is 3.06. The Balaban J connectivity index is 1.63. The Bertz CT molecular complexity index is 482. The molecule has 1 heterocycles. The predicted molar refractivity (Wildman–Crippen MR) is 85.6 cm³/mol. The Kier molecular flexibility index (Phi) is 4.07. The minimum absolute atomic E-state index is 0.0617. The second kappa shape index (κ2) is 5.49. The fourth-order valence-electron chi connectivity index (χ4n) is 3.75. The number of halogens is 2. The van der Waals surface area contributed by atoms with Crippen molar-refractivity contribution in [2.45, 2.75) is 38.6 Å². The molecule has 2 bridgehead atoms. The van der Waals surface area contributed by atoms with Gasteiger partial charge in [0, 0.05) is 10.5 Å². The van der Waals surface area contributed by atoms with Crippen molar-refractivity contribution >= 4 is 49.1 Å². The van der Waals surface area contributed by atoms with Gasteiger partial charge >= 0.3 is 0 Å². The van der Waals surface area contributed by atoms with Crippen molar-refractivity contribution in [2.24, 2.45) is 17.8 Å². The van der Waals surface area contributed by atoms with Crippen molar-refractivity contribution in [3.8, 4) is 0 Å². The van der Waals surface area contributed by atoms with Gasteiger partial charge in [-0.05, 0) is 81.9 Å². The van der Waals surface area contributed by atoms with Gasteiger partial charge < -0.3 is 5.32 Å². The van der Waals surface area contributed by atoms with E-state index >= 15 is 0 Å². The van der Waals surface area contributed by atoms with Crippen LogP contribution < -0.4 is 5.32 Å². The van der Waals surface area contributed by atoms with E-state index in [0.29, 0.717) is 12.0 Å². The molecule has 5 heteroatoms. The first-order chi connectivity index (χ1) is 9.04. The van der Waals surface area contributed by atoms with Gasteiger partial charge in [0.1, 0.15) is 0 Å². The second-order valence-corrected chi connectivity index (χ2v) is 9.06. The van der Waals surface area contributed by atoms with Crippen molar-refractivity contribution in [2.75, 3.05) is 0 Å². The Morgan fingerprint density at radius 2 is 2.21 bits per heavy atom. The normalized spacial score (nSPS) is 30.6. The molecule has 0 aromatic carbocycles. The van der Waals surface area contributed by atoms with Crippen LogP contribution in [0.3, 0.4) is 0 Å². The van der Waals surface area contributed by atoms with Gasteiger partial charge in [-0.1, -0.05) is 6.42 Å². The summed E-state index contributed by atoms with van der Waals surface area (Å²) in [5, 5.41) is 3.19. The fraction of sp³-hybridized carbons (Fsp3) is 0.643. The minimum Gasteiger partial charge on any atom is -0.349 e. The zero-order chi connectivity index (χ0) is 13.6. The molecular weight excluding hydrogens is 390 g/mol. The molecule has 1 aromatic heterocycles. The van der Waals surface area contributed by atoms with Crippen molar-refractivity contribution < 1.29 is 4.79 Å². The van der Waals surface area contributed by atoms with Gasteiger partial charge in [0.15, 0.2) is 0 Å². The standard InChI is InChI=1S/C14H17Br2NOS/c1-7(10-5-8-2-3-9(10)4-8)17-14(18)12-6-11(15)13(16)19-12/h6-10H,2-5H2,1H3,(H,17,18)/t7-,8-,9-,10-/m1/s1. The molecule has 0 unspecified atom stereocenters. The number of rotatable bonds is 3. The van der Waals surface area contributed by atoms with E-state index in [4.69, 9.17) is 0 Å². The van der Waals surface area contributed by atoms with Crippen LogP contribution in [0.2, 0.25) is 0 Å². The van der Waals surface area contributed by atoms with Gasteiger partial charge in [0.25, 0.3) is 5.91 Å². The zero-order valence-corrected chi connectivity index (χ0v) is 14.8. The van der Waals surface area contributed by atoms with Crippen LogP contribution in [-0.4, -0.2) is 11.9 Å². The summed E-state index contributed by atoms with van der Waals surface area (Å²) in [5.74, 6) is 2.53. The van der Waals surface area contributed by atoms with E-state index in [-0.39, 0.29) is 5.91 Å². The van der Waals surface area contributed by atoms with Crippen LogP contribution in [0.1, 0.15) is 42.3 Å². The molecule has 2 saturated carbocycles. The molecule has 1 aromatic rings. The van der Waals surface area contributed by atoms with Crippen LogP contribution in [0.25, 0.3) is 0 Å². The molecule has 4 atom stereocenters. The summed E-state index contributed by atoms with van der Waals surface area (Å²) >= 11 is 8.34. The molecule has 0 spiro atoms. The van der Waals surface area contributed by atoms with Crippen LogP contribution in [0.5, 0.6) is 0 Å². The number of carbonyl (C=O) groups excluding carboxylic acids is 1. The third-order valence-corrected chi connectivity index (χ3v) is 7.92. The van der Waals surface area contributed by atoms with Crippen molar-refractivity contribution in [1.29, 1.82) is 0 Å². The predicted octanol–water partition coefficient (Wildman–Crippen LogP) is 4.83. The molecule has 2 fully saturated rings. The quantitative estimate of drug-likeness (QED) is 0.765. The van der Waals surface area contributed by atoms with E-state index in [1.807, 2.05) is 6.07 Å². The highest BCUT2D eigenvalue weighted by atomic mass is 79.9. The smallest absolute Gasteiger partial charge is 0.261 e. The number of carbonyl (C=O) groups is 1. The maximum Gasteiger partial charge on any atom is 0.261 e. The molecular formula is C14H17Br2NOS. The minimum atomic E-state index is 0.0617. The van der Waals surface area contributed by atoms with E-state index < -0.39 is 0 Å². The molecule has 19 heavy (non-hydrogen) atoms. The summed E-state index contributed by atoms with van der Waals surface area (Å²) in [5.41, 5.74) is 0. The maximum atomic E-state index is 12.2. The summed E-state index contributed by atoms with van der Waals surface area (Å²) < 4.78 is 1.93. The Labute approximate surface area is 134 Å². The van der Waals surface area contributed by atoms with Gasteiger partial charge in [-0.15, -0.1) is 11.3 Å². The molecule has 0 radical (unpaired) electrons. The van der Waals surface area contributed by atoms with Crippen molar-refractivity contribution in [3.05, 3.63) is 19.2 Å². The van der Waals surface area contributed by atoms with Crippen LogP contribution in [0.4, 0.5) is 0 Å². The fourth-order valence-corrected chi connectivity index (χ4v) is 5.69. The zero-order valence-electron chi connectivity index (χ0n) is 10.8. The number of fused-ring (bicyclic) bond motifs is 2. The van der Waals surface area contributed by atoms with E-state index in [2.05, 4.69) is 44.1 Å². The molecule has 3 rings (SSSR count). The van der Waals surface area contributed by atoms with Crippen molar-refractivity contribution in [1.82, 2.24) is 5.32 Å². The maximum absolute atomic E-state index is 12.2. The number of thiophene rings is 1. The van der Waals surface area contributed by atoms with E-state index in [0.717, 1.165) is 25.0 Å². The molecule has 104 valence electrons. The summed E-state index contributed by atoms with van der Waals surface area (Å²) in [6, 6.07) is 2.18. The molecule has 2 nitrogen and oxygen atoms in total. The van der Waals surface area contributed by atoms with Gasteiger partial charge in [0.05, 0.1) is 8.66 Å². The first-order valence-electron chi connectivity index (χ1n) is 6.80. The third kappa shape index (κ3) is 2.79. The topological polar surface area (TPSA) is 29.1 Å². The lowest BCUT2D eigenvalue weighted by Crippen LogP contribution is -2.39. The van der Waals surface area contributed by atoms with E-state index in [9.17, 15) is 4.79 Å². The number of nitrogens with one attached hydrogen (secondary N) is 1. The lowest BCUT2D eigenvalue weighted by molar-refractivity contribution is 0.0919. The van der Waals surface area contributed by atoms with E-state index in [1.165, 1.54) is 37.0 Å². The highest BCUT2D eigenvalue weighted by Crippen LogP contribution is 2.49. The number of amides is 1. The highest BCUT2D eigenvalue weighted by molar-refractivity contribution is 9.13. The van der Waals surface area contributed by atoms with Crippen LogP contribution in [-0.2, 0) is 0 Å². The summed E-state index contributed by atoms with van der Waals surface area (Å²) in [6.07, 6.45) is 5.48. The Morgan fingerprint density at radius 3 is 2.74 bits per heavy atom. The Hall–Kier alpha value is 0.130. The van der Waals surface area contributed by atoms with Crippen LogP contribution >= 0.6 is 43.2 Å². The van der Waals surface area contributed by atoms with Crippen LogP contribution in [0, 0.1) is 17.8 Å². The number of hydrogen-bond donors (Lipinski definition) is 1. The number of hydrogen-bond acceptors (Lipinski definition) is 2. The van der Waals surface area contributed by atoms with Gasteiger partial charge in [-0.3, -0.25) is 4.79 Å². The highest BCUT2D eigenvalue weighted by Gasteiger charge is 2.42. The van der Waals surface area contributed by atoms with Gasteiger partial charge in [-0.2, -0.15) is 0 Å². The lowest BCUT2D eigenvalue weighted by Gasteiger charge is -2.28. The molecule has 2 aliphatic carbocycles. The summed E-state index contributed by atoms with van der Waals surface area (Å²) in [4.78, 5) is 13.0. The first kappa shape index (κ1) is 14.1. The molecule has 2 aliphatic rings. The SMILES string of the molecule is C[C@@H](NC(=O)c1cc(Br)c(Br)s1)[C@H]1C[C@@H]2CC[C@@H]1C2. The Morgan fingerprint density at radius 1 is 1.42 bits per heavy atom. The third-order valence-electron chi connectivity index (χ3n) is 4.66. The van der Waals surface area contributed by atoms with E-state index in [1.54, 1.807) is 0 Å².